The number of ether oxygens (including phenoxy) is 1. The molecule has 3 rings (SSSR count). The van der Waals surface area contributed by atoms with E-state index in [-0.39, 0.29) is 11.7 Å². The lowest BCUT2D eigenvalue weighted by Gasteiger charge is -2.16. The third-order valence-electron chi connectivity index (χ3n) is 4.19. The Hall–Kier alpha value is -3.12. The highest BCUT2D eigenvalue weighted by Gasteiger charge is 2.17. The molecular formula is C21H20ClN3O3. The summed E-state index contributed by atoms with van der Waals surface area (Å²) >= 11 is 6.20. The number of carbonyl (C=O) groups is 2. The lowest BCUT2D eigenvalue weighted by molar-refractivity contribution is -0.122. The van der Waals surface area contributed by atoms with Crippen LogP contribution in [0.4, 0.5) is 5.82 Å². The molecule has 0 aliphatic rings. The van der Waals surface area contributed by atoms with Crippen LogP contribution in [0, 0.1) is 0 Å². The van der Waals surface area contributed by atoms with Crippen molar-refractivity contribution >= 4 is 29.1 Å². The summed E-state index contributed by atoms with van der Waals surface area (Å²) in [6, 6.07) is 15.9. The molecule has 0 spiro atoms. The van der Waals surface area contributed by atoms with E-state index in [2.05, 4.69) is 10.4 Å². The van der Waals surface area contributed by atoms with Crippen molar-refractivity contribution in [2.45, 2.75) is 26.5 Å². The van der Waals surface area contributed by atoms with Crippen LogP contribution < -0.4 is 10.1 Å². The van der Waals surface area contributed by atoms with E-state index in [1.54, 1.807) is 48.1 Å². The van der Waals surface area contributed by atoms with Gasteiger partial charge in [-0.1, -0.05) is 29.8 Å². The lowest BCUT2D eigenvalue weighted by Crippen LogP contribution is -2.31. The maximum absolute atomic E-state index is 12.5. The first-order valence-corrected chi connectivity index (χ1v) is 9.15. The van der Waals surface area contributed by atoms with Crippen LogP contribution in [0.25, 0.3) is 0 Å². The number of hydrogen-bond donors (Lipinski definition) is 1. The molecule has 1 N–H and O–H groups in total. The fourth-order valence-corrected chi connectivity index (χ4v) is 2.80. The maximum atomic E-state index is 12.5. The van der Waals surface area contributed by atoms with Crippen LogP contribution in [-0.2, 0) is 11.3 Å². The van der Waals surface area contributed by atoms with Crippen molar-refractivity contribution in [3.05, 3.63) is 76.9 Å². The number of halogens is 1. The second kappa shape index (κ2) is 8.71. The molecule has 0 fully saturated rings. The number of ketones is 1. The summed E-state index contributed by atoms with van der Waals surface area (Å²) in [6.45, 7) is 3.59. The van der Waals surface area contributed by atoms with Gasteiger partial charge in [-0.2, -0.15) is 5.10 Å². The van der Waals surface area contributed by atoms with E-state index in [9.17, 15) is 9.59 Å². The molecule has 1 amide bonds. The summed E-state index contributed by atoms with van der Waals surface area (Å²) in [7, 11) is 0. The lowest BCUT2D eigenvalue weighted by atomic mass is 10.1. The van der Waals surface area contributed by atoms with Gasteiger partial charge in [0.15, 0.2) is 11.9 Å². The van der Waals surface area contributed by atoms with E-state index in [1.165, 1.54) is 6.92 Å². The van der Waals surface area contributed by atoms with Gasteiger partial charge in [0, 0.05) is 16.7 Å². The van der Waals surface area contributed by atoms with Gasteiger partial charge in [-0.05, 0) is 49.7 Å². The molecule has 0 aliphatic carbocycles. The number of carbonyl (C=O) groups excluding carboxylic acids is 2. The van der Waals surface area contributed by atoms with E-state index in [0.29, 0.717) is 28.7 Å². The number of nitrogens with zero attached hydrogens (tertiary/aromatic N) is 2. The molecule has 0 aliphatic heterocycles. The minimum atomic E-state index is -0.730. The van der Waals surface area contributed by atoms with Gasteiger partial charge >= 0.3 is 0 Å². The van der Waals surface area contributed by atoms with Crippen molar-refractivity contribution in [2.75, 3.05) is 5.32 Å². The summed E-state index contributed by atoms with van der Waals surface area (Å²) in [4.78, 5) is 23.8. The van der Waals surface area contributed by atoms with E-state index in [0.717, 1.165) is 5.56 Å². The Balaban J connectivity index is 1.64. The summed E-state index contributed by atoms with van der Waals surface area (Å²) in [5.41, 5.74) is 1.49. The van der Waals surface area contributed by atoms with Crippen molar-refractivity contribution in [2.24, 2.45) is 0 Å². The SMILES string of the molecule is CC(=O)c1ccc(O[C@H](C)C(=O)Nc2ccnn2Cc2ccccc2Cl)cc1. The number of Topliss-reactive ketones (excluding diaryl/α,β-unsaturated/α-hetero) is 1. The predicted octanol–water partition coefficient (Wildman–Crippen LogP) is 4.19. The Morgan fingerprint density at radius 1 is 1.14 bits per heavy atom. The Morgan fingerprint density at radius 3 is 2.54 bits per heavy atom. The third kappa shape index (κ3) is 4.78. The first-order chi connectivity index (χ1) is 13.4. The largest absolute Gasteiger partial charge is 0.481 e. The number of anilines is 1. The van der Waals surface area contributed by atoms with Crippen molar-refractivity contribution in [3.8, 4) is 5.75 Å². The molecule has 7 heteroatoms. The molecule has 144 valence electrons. The van der Waals surface area contributed by atoms with Crippen LogP contribution in [0.2, 0.25) is 5.02 Å². The third-order valence-corrected chi connectivity index (χ3v) is 4.56. The van der Waals surface area contributed by atoms with E-state index in [1.807, 2.05) is 24.3 Å². The van der Waals surface area contributed by atoms with Crippen LogP contribution in [0.5, 0.6) is 5.75 Å². The summed E-state index contributed by atoms with van der Waals surface area (Å²) < 4.78 is 7.32. The molecule has 28 heavy (non-hydrogen) atoms. The fourth-order valence-electron chi connectivity index (χ4n) is 2.61. The molecule has 0 bridgehead atoms. The van der Waals surface area contributed by atoms with Gasteiger partial charge in [0.05, 0.1) is 12.7 Å². The zero-order chi connectivity index (χ0) is 20.1. The van der Waals surface area contributed by atoms with E-state index < -0.39 is 6.10 Å². The zero-order valence-corrected chi connectivity index (χ0v) is 16.3. The number of hydrogen-bond acceptors (Lipinski definition) is 4. The summed E-state index contributed by atoms with van der Waals surface area (Å²) in [6.07, 6.45) is 0.880. The Morgan fingerprint density at radius 2 is 1.86 bits per heavy atom. The van der Waals surface area contributed by atoms with Gasteiger partial charge in [0.2, 0.25) is 0 Å². The minimum absolute atomic E-state index is 0.0240. The first-order valence-electron chi connectivity index (χ1n) is 8.78. The van der Waals surface area contributed by atoms with Crippen molar-refractivity contribution in [1.29, 1.82) is 0 Å². The van der Waals surface area contributed by atoms with E-state index >= 15 is 0 Å². The zero-order valence-electron chi connectivity index (χ0n) is 15.6. The van der Waals surface area contributed by atoms with Gasteiger partial charge < -0.3 is 10.1 Å². The molecule has 0 saturated carbocycles. The van der Waals surface area contributed by atoms with Gasteiger partial charge in [0.1, 0.15) is 11.6 Å². The topological polar surface area (TPSA) is 73.2 Å². The molecule has 1 aromatic heterocycles. The van der Waals surface area contributed by atoms with Gasteiger partial charge in [-0.3, -0.25) is 9.59 Å². The molecule has 0 radical (unpaired) electrons. The molecule has 3 aromatic rings. The standard InChI is InChI=1S/C21H20ClN3O3/c1-14(26)16-7-9-18(10-8-16)28-15(2)21(27)24-20-11-12-23-25(20)13-17-5-3-4-6-19(17)22/h3-12,15H,13H2,1-2H3,(H,24,27)/t15-/m1/s1. The number of rotatable bonds is 7. The summed E-state index contributed by atoms with van der Waals surface area (Å²) in [5, 5.41) is 7.70. The molecule has 1 heterocycles. The molecule has 2 aromatic carbocycles. The predicted molar refractivity (Wildman–Crippen MR) is 108 cm³/mol. The van der Waals surface area contributed by atoms with Crippen LogP contribution in [-0.4, -0.2) is 27.6 Å². The van der Waals surface area contributed by atoms with Crippen molar-refractivity contribution in [3.63, 3.8) is 0 Å². The fraction of sp³-hybridized carbons (Fsp3) is 0.190. The van der Waals surface area contributed by atoms with Crippen molar-refractivity contribution < 1.29 is 14.3 Å². The second-order valence-corrected chi connectivity index (χ2v) is 6.70. The monoisotopic (exact) mass is 397 g/mol. The quantitative estimate of drug-likeness (QED) is 0.606. The molecule has 0 unspecified atom stereocenters. The first kappa shape index (κ1) is 19.6. The second-order valence-electron chi connectivity index (χ2n) is 6.30. The van der Waals surface area contributed by atoms with Crippen LogP contribution in [0.3, 0.4) is 0 Å². The molecule has 1 atom stereocenters. The van der Waals surface area contributed by atoms with Gasteiger partial charge in [-0.15, -0.1) is 0 Å². The molecular weight excluding hydrogens is 378 g/mol. The highest BCUT2D eigenvalue weighted by Crippen LogP contribution is 2.19. The number of nitrogens with one attached hydrogen (secondary N) is 1. The minimum Gasteiger partial charge on any atom is -0.481 e. The van der Waals surface area contributed by atoms with Crippen LogP contribution in [0.1, 0.15) is 29.8 Å². The molecule has 6 nitrogen and oxygen atoms in total. The average Bonchev–Trinajstić information content (AvgIpc) is 3.10. The van der Waals surface area contributed by atoms with E-state index in [4.69, 9.17) is 16.3 Å². The normalized spacial score (nSPS) is 11.7. The highest BCUT2D eigenvalue weighted by molar-refractivity contribution is 6.31. The Bertz CT molecular complexity index is 983. The van der Waals surface area contributed by atoms with Gasteiger partial charge in [0.25, 0.3) is 5.91 Å². The number of amides is 1. The average molecular weight is 398 g/mol. The van der Waals surface area contributed by atoms with Crippen LogP contribution >= 0.6 is 11.6 Å². The maximum Gasteiger partial charge on any atom is 0.266 e. The Labute approximate surface area is 168 Å². The Kier molecular flexibility index (Phi) is 6.11. The van der Waals surface area contributed by atoms with Crippen molar-refractivity contribution in [1.82, 2.24) is 9.78 Å². The van der Waals surface area contributed by atoms with Gasteiger partial charge in [-0.25, -0.2) is 4.68 Å². The number of aromatic nitrogens is 2. The molecule has 0 saturated heterocycles. The summed E-state index contributed by atoms with van der Waals surface area (Å²) in [5.74, 6) is 0.727. The highest BCUT2D eigenvalue weighted by atomic mass is 35.5. The number of benzene rings is 2. The smallest absolute Gasteiger partial charge is 0.266 e. The van der Waals surface area contributed by atoms with Crippen LogP contribution in [0.15, 0.2) is 60.8 Å².